The predicted octanol–water partition coefficient (Wildman–Crippen LogP) is 4.06. The van der Waals surface area contributed by atoms with Crippen molar-refractivity contribution in [1.82, 2.24) is 0 Å². The zero-order valence-electron chi connectivity index (χ0n) is 16.8. The number of carbonyl (C=O) groups excluding carboxylic acids is 1. The minimum atomic E-state index is -0.151. The van der Waals surface area contributed by atoms with Gasteiger partial charge in [-0.2, -0.15) is 0 Å². The van der Waals surface area contributed by atoms with Crippen LogP contribution in [0.3, 0.4) is 0 Å². The molecule has 1 saturated carbocycles. The van der Waals surface area contributed by atoms with Gasteiger partial charge in [-0.15, -0.1) is 0 Å². The van der Waals surface area contributed by atoms with Crippen LogP contribution < -0.4 is 15.4 Å². The Morgan fingerprint density at radius 2 is 1.96 bits per heavy atom. The normalized spacial score (nSPS) is 21.0. The van der Waals surface area contributed by atoms with E-state index in [0.717, 1.165) is 21.9 Å². The molecule has 3 atom stereocenters. The van der Waals surface area contributed by atoms with Gasteiger partial charge in [0, 0.05) is 22.8 Å². The molecule has 5 heteroatoms. The SMILES string of the molecule is COc1cc2c(cc1NC(=O)[C@H](C)[NH2+][C@H]1CCCC[C@@H]1C)oc1ccccc12. The van der Waals surface area contributed by atoms with Gasteiger partial charge in [-0.3, -0.25) is 4.79 Å². The van der Waals surface area contributed by atoms with E-state index in [-0.39, 0.29) is 11.9 Å². The monoisotopic (exact) mass is 381 g/mol. The Morgan fingerprint density at radius 3 is 2.75 bits per heavy atom. The number of rotatable bonds is 5. The fourth-order valence-corrected chi connectivity index (χ4v) is 4.35. The molecule has 148 valence electrons. The number of hydrogen-bond acceptors (Lipinski definition) is 3. The molecule has 0 saturated heterocycles. The highest BCUT2D eigenvalue weighted by atomic mass is 16.5. The molecule has 1 fully saturated rings. The fourth-order valence-electron chi connectivity index (χ4n) is 4.35. The minimum Gasteiger partial charge on any atom is -0.495 e. The van der Waals surface area contributed by atoms with E-state index in [1.807, 2.05) is 43.3 Å². The molecule has 3 N–H and O–H groups in total. The summed E-state index contributed by atoms with van der Waals surface area (Å²) < 4.78 is 11.5. The van der Waals surface area contributed by atoms with Crippen molar-refractivity contribution in [3.05, 3.63) is 36.4 Å². The number of fused-ring (bicyclic) bond motifs is 3. The van der Waals surface area contributed by atoms with Crippen LogP contribution in [0.1, 0.15) is 39.5 Å². The van der Waals surface area contributed by atoms with E-state index in [2.05, 4.69) is 17.6 Å². The van der Waals surface area contributed by atoms with Crippen molar-refractivity contribution in [3.8, 4) is 5.75 Å². The molecule has 0 spiro atoms. The number of quaternary nitrogens is 1. The Labute approximate surface area is 165 Å². The van der Waals surface area contributed by atoms with Crippen LogP contribution in [0, 0.1) is 5.92 Å². The van der Waals surface area contributed by atoms with Gasteiger partial charge in [0.2, 0.25) is 0 Å². The van der Waals surface area contributed by atoms with E-state index in [1.165, 1.54) is 25.7 Å². The maximum absolute atomic E-state index is 12.8. The number of nitrogens with one attached hydrogen (secondary N) is 1. The molecule has 0 bridgehead atoms. The van der Waals surface area contributed by atoms with Gasteiger partial charge in [-0.25, -0.2) is 0 Å². The molecule has 4 rings (SSSR count). The number of nitrogens with two attached hydrogens (primary N) is 1. The summed E-state index contributed by atoms with van der Waals surface area (Å²) in [6, 6.07) is 12.1. The molecule has 1 aliphatic rings. The zero-order valence-corrected chi connectivity index (χ0v) is 16.8. The molecule has 0 radical (unpaired) electrons. The summed E-state index contributed by atoms with van der Waals surface area (Å²) in [5, 5.41) is 7.30. The van der Waals surface area contributed by atoms with Gasteiger partial charge in [-0.1, -0.05) is 31.5 Å². The second-order valence-corrected chi connectivity index (χ2v) is 8.04. The summed E-state index contributed by atoms with van der Waals surface area (Å²) in [5.41, 5.74) is 2.22. The van der Waals surface area contributed by atoms with Crippen LogP contribution in [0.4, 0.5) is 5.69 Å². The Bertz CT molecular complexity index is 994. The van der Waals surface area contributed by atoms with Crippen molar-refractivity contribution in [1.29, 1.82) is 0 Å². The Hall–Kier alpha value is -2.53. The van der Waals surface area contributed by atoms with E-state index in [4.69, 9.17) is 9.15 Å². The first-order valence-electron chi connectivity index (χ1n) is 10.2. The number of furan rings is 1. The third kappa shape index (κ3) is 3.59. The van der Waals surface area contributed by atoms with Gasteiger partial charge in [0.15, 0.2) is 6.04 Å². The molecule has 1 heterocycles. The molecule has 28 heavy (non-hydrogen) atoms. The van der Waals surface area contributed by atoms with Crippen LogP contribution >= 0.6 is 0 Å². The number of benzene rings is 2. The first kappa shape index (κ1) is 18.8. The van der Waals surface area contributed by atoms with Crippen molar-refractivity contribution in [2.24, 2.45) is 5.92 Å². The minimum absolute atomic E-state index is 0.00784. The highest BCUT2D eigenvalue weighted by molar-refractivity contribution is 6.08. The second-order valence-electron chi connectivity index (χ2n) is 8.04. The third-order valence-electron chi connectivity index (χ3n) is 6.08. The van der Waals surface area contributed by atoms with E-state index in [1.54, 1.807) is 7.11 Å². The van der Waals surface area contributed by atoms with Crippen LogP contribution in [0.5, 0.6) is 5.75 Å². The molecule has 1 aromatic heterocycles. The summed E-state index contributed by atoms with van der Waals surface area (Å²) in [4.78, 5) is 12.8. The average molecular weight is 381 g/mol. The molecule has 1 aliphatic carbocycles. The zero-order chi connectivity index (χ0) is 19.7. The van der Waals surface area contributed by atoms with E-state index in [9.17, 15) is 4.79 Å². The van der Waals surface area contributed by atoms with Crippen molar-refractivity contribution in [2.75, 3.05) is 12.4 Å². The van der Waals surface area contributed by atoms with E-state index < -0.39 is 0 Å². The Kier molecular flexibility index (Phi) is 5.27. The van der Waals surface area contributed by atoms with Crippen molar-refractivity contribution in [3.63, 3.8) is 0 Å². The maximum Gasteiger partial charge on any atom is 0.282 e. The fraction of sp³-hybridized carbons (Fsp3) is 0.435. The molecule has 0 aliphatic heterocycles. The van der Waals surface area contributed by atoms with E-state index in [0.29, 0.717) is 23.4 Å². The first-order chi connectivity index (χ1) is 13.6. The summed E-state index contributed by atoms with van der Waals surface area (Å²) in [5.74, 6) is 1.29. The van der Waals surface area contributed by atoms with Gasteiger partial charge in [-0.05, 0) is 38.3 Å². The van der Waals surface area contributed by atoms with Crippen LogP contribution in [-0.2, 0) is 4.79 Å². The Morgan fingerprint density at radius 1 is 1.18 bits per heavy atom. The Balaban J connectivity index is 1.56. The first-order valence-corrected chi connectivity index (χ1v) is 10.2. The number of ether oxygens (including phenoxy) is 1. The number of methoxy groups -OCH3 is 1. The van der Waals surface area contributed by atoms with Crippen LogP contribution in [0.25, 0.3) is 21.9 Å². The average Bonchev–Trinajstić information content (AvgIpc) is 3.06. The molecular formula is C23H29N2O3+. The molecule has 2 aromatic carbocycles. The summed E-state index contributed by atoms with van der Waals surface area (Å²) >= 11 is 0. The lowest BCUT2D eigenvalue weighted by Gasteiger charge is -2.28. The summed E-state index contributed by atoms with van der Waals surface area (Å²) in [6.07, 6.45) is 5.01. The number of para-hydroxylation sites is 1. The molecular weight excluding hydrogens is 352 g/mol. The van der Waals surface area contributed by atoms with Crippen molar-refractivity contribution >= 4 is 33.5 Å². The number of anilines is 1. The third-order valence-corrected chi connectivity index (χ3v) is 6.08. The van der Waals surface area contributed by atoms with Crippen LogP contribution in [-0.4, -0.2) is 25.1 Å². The molecule has 0 unspecified atom stereocenters. The highest BCUT2D eigenvalue weighted by Crippen LogP contribution is 2.36. The second kappa shape index (κ2) is 7.84. The number of hydrogen-bond donors (Lipinski definition) is 2. The quantitative estimate of drug-likeness (QED) is 0.700. The number of carbonyl (C=O) groups is 1. The lowest BCUT2D eigenvalue weighted by Crippen LogP contribution is -2.97. The standard InChI is InChI=1S/C23H28N2O3/c1-14-8-4-6-10-18(14)24-15(2)23(26)25-19-13-21-17(12-22(19)27-3)16-9-5-7-11-20(16)28-21/h5,7,9,11-15,18,24H,4,6,8,10H2,1-3H3,(H,25,26)/p+1/t14-,15-,18-/m0/s1. The topological polar surface area (TPSA) is 68.1 Å². The maximum atomic E-state index is 12.8. The summed E-state index contributed by atoms with van der Waals surface area (Å²) in [7, 11) is 1.62. The van der Waals surface area contributed by atoms with Crippen molar-refractivity contribution < 1.29 is 19.3 Å². The van der Waals surface area contributed by atoms with Gasteiger partial charge < -0.3 is 19.8 Å². The van der Waals surface area contributed by atoms with Gasteiger partial charge >= 0.3 is 0 Å². The van der Waals surface area contributed by atoms with Gasteiger partial charge in [0.05, 0.1) is 18.8 Å². The lowest BCUT2D eigenvalue weighted by molar-refractivity contribution is -0.714. The molecule has 1 amide bonds. The molecule has 5 nitrogen and oxygen atoms in total. The smallest absolute Gasteiger partial charge is 0.282 e. The van der Waals surface area contributed by atoms with Crippen LogP contribution in [0.15, 0.2) is 40.8 Å². The van der Waals surface area contributed by atoms with Crippen LogP contribution in [0.2, 0.25) is 0 Å². The predicted molar refractivity (Wildman–Crippen MR) is 112 cm³/mol. The number of amides is 1. The lowest BCUT2D eigenvalue weighted by atomic mass is 9.85. The summed E-state index contributed by atoms with van der Waals surface area (Å²) in [6.45, 7) is 4.27. The largest absolute Gasteiger partial charge is 0.495 e. The van der Waals surface area contributed by atoms with Gasteiger partial charge in [0.25, 0.3) is 5.91 Å². The molecule has 3 aromatic rings. The highest BCUT2D eigenvalue weighted by Gasteiger charge is 2.29. The van der Waals surface area contributed by atoms with Crippen molar-refractivity contribution in [2.45, 2.75) is 51.6 Å². The van der Waals surface area contributed by atoms with E-state index >= 15 is 0 Å². The van der Waals surface area contributed by atoms with Gasteiger partial charge in [0.1, 0.15) is 16.9 Å².